The summed E-state index contributed by atoms with van der Waals surface area (Å²) in [5, 5.41) is 3.59. The molecule has 0 aliphatic carbocycles. The molecule has 0 aliphatic rings. The lowest BCUT2D eigenvalue weighted by Gasteiger charge is -2.18. The molecule has 1 aromatic heterocycles. The second-order valence-electron chi connectivity index (χ2n) is 4.28. The Labute approximate surface area is 119 Å². The first-order valence-corrected chi connectivity index (χ1v) is 6.89. The number of hydrogen-bond donors (Lipinski definition) is 1. The number of carbonyl (C=O) groups excluding carboxylic acids is 1. The van der Waals surface area contributed by atoms with E-state index in [2.05, 4.69) is 15.3 Å². The number of anilines is 1. The number of halogens is 1. The van der Waals surface area contributed by atoms with Crippen molar-refractivity contribution in [3.8, 4) is 0 Å². The molecule has 0 saturated carbocycles. The molecule has 0 aliphatic heterocycles. The maximum Gasteiger partial charge on any atom is 0.224 e. The molecule has 1 amide bonds. The molecular formula is C13H21ClN4O. The van der Waals surface area contributed by atoms with Crippen molar-refractivity contribution in [3.63, 3.8) is 0 Å². The van der Waals surface area contributed by atoms with E-state index < -0.39 is 0 Å². The van der Waals surface area contributed by atoms with Gasteiger partial charge in [0.1, 0.15) is 16.8 Å². The molecule has 0 fully saturated rings. The average Bonchev–Trinajstić information content (AvgIpc) is 2.36. The highest BCUT2D eigenvalue weighted by molar-refractivity contribution is 6.30. The summed E-state index contributed by atoms with van der Waals surface area (Å²) in [5.41, 5.74) is 0.808. The van der Waals surface area contributed by atoms with E-state index in [9.17, 15) is 4.79 Å². The van der Waals surface area contributed by atoms with Crippen LogP contribution in [0.15, 0.2) is 0 Å². The van der Waals surface area contributed by atoms with Crippen molar-refractivity contribution in [1.82, 2.24) is 14.9 Å². The minimum absolute atomic E-state index is 0.145. The molecule has 0 bridgehead atoms. The number of nitrogens with one attached hydrogen (secondary N) is 1. The van der Waals surface area contributed by atoms with Crippen LogP contribution in [-0.2, 0) is 4.79 Å². The van der Waals surface area contributed by atoms with Crippen LogP contribution < -0.4 is 5.32 Å². The van der Waals surface area contributed by atoms with Gasteiger partial charge >= 0.3 is 0 Å². The molecule has 1 aromatic rings. The van der Waals surface area contributed by atoms with Crippen LogP contribution in [0, 0.1) is 13.8 Å². The van der Waals surface area contributed by atoms with Gasteiger partial charge in [0.05, 0.1) is 0 Å². The Morgan fingerprint density at radius 2 is 1.89 bits per heavy atom. The average molecular weight is 285 g/mol. The van der Waals surface area contributed by atoms with Gasteiger partial charge in [-0.05, 0) is 27.7 Å². The zero-order valence-electron chi connectivity index (χ0n) is 12.0. The van der Waals surface area contributed by atoms with E-state index in [0.717, 1.165) is 18.7 Å². The highest BCUT2D eigenvalue weighted by atomic mass is 35.5. The summed E-state index contributed by atoms with van der Waals surface area (Å²) in [7, 11) is 0. The molecule has 0 unspecified atom stereocenters. The van der Waals surface area contributed by atoms with Crippen LogP contribution in [0.2, 0.25) is 5.15 Å². The Morgan fingerprint density at radius 3 is 2.47 bits per heavy atom. The predicted octanol–water partition coefficient (Wildman–Crippen LogP) is 2.42. The number of hydrogen-bond acceptors (Lipinski definition) is 4. The Hall–Kier alpha value is -1.36. The number of carbonyl (C=O) groups is 1. The monoisotopic (exact) mass is 284 g/mol. The number of aromatic nitrogens is 2. The van der Waals surface area contributed by atoms with Crippen LogP contribution in [0.3, 0.4) is 0 Å². The zero-order valence-corrected chi connectivity index (χ0v) is 12.7. The highest BCUT2D eigenvalue weighted by Gasteiger charge is 2.10. The van der Waals surface area contributed by atoms with Gasteiger partial charge in [0.15, 0.2) is 0 Å². The first kappa shape index (κ1) is 15.7. The van der Waals surface area contributed by atoms with Gasteiger partial charge in [-0.2, -0.15) is 0 Å². The molecule has 1 heterocycles. The van der Waals surface area contributed by atoms with Crippen LogP contribution in [0.25, 0.3) is 0 Å². The summed E-state index contributed by atoms with van der Waals surface area (Å²) < 4.78 is 0. The van der Waals surface area contributed by atoms with Crippen molar-refractivity contribution in [1.29, 1.82) is 0 Å². The van der Waals surface area contributed by atoms with Gasteiger partial charge in [-0.1, -0.05) is 11.6 Å². The number of nitrogens with zero attached hydrogens (tertiary/aromatic N) is 3. The van der Waals surface area contributed by atoms with Crippen LogP contribution in [0.5, 0.6) is 0 Å². The molecule has 19 heavy (non-hydrogen) atoms. The van der Waals surface area contributed by atoms with Crippen molar-refractivity contribution >= 4 is 23.3 Å². The summed E-state index contributed by atoms with van der Waals surface area (Å²) in [5.74, 6) is 1.46. The lowest BCUT2D eigenvalue weighted by Crippen LogP contribution is -2.31. The van der Waals surface area contributed by atoms with Gasteiger partial charge in [-0.25, -0.2) is 9.97 Å². The zero-order chi connectivity index (χ0) is 14.4. The van der Waals surface area contributed by atoms with Crippen molar-refractivity contribution in [2.24, 2.45) is 0 Å². The lowest BCUT2D eigenvalue weighted by atomic mass is 10.3. The molecule has 1 rings (SSSR count). The lowest BCUT2D eigenvalue weighted by molar-refractivity contribution is -0.130. The SMILES string of the molecule is CCN(CC)C(=O)CCNc1nc(C)nc(Cl)c1C. The highest BCUT2D eigenvalue weighted by Crippen LogP contribution is 2.19. The molecule has 1 N–H and O–H groups in total. The van der Waals surface area contributed by atoms with Crippen molar-refractivity contribution in [3.05, 3.63) is 16.5 Å². The second-order valence-corrected chi connectivity index (χ2v) is 4.64. The van der Waals surface area contributed by atoms with Gasteiger partial charge in [-0.3, -0.25) is 4.79 Å². The molecule has 0 saturated heterocycles. The molecule has 106 valence electrons. The standard InChI is InChI=1S/C13H21ClN4O/c1-5-18(6-2)11(19)7-8-15-13-9(3)12(14)16-10(4)17-13/h5-8H2,1-4H3,(H,15,16,17). The van der Waals surface area contributed by atoms with Crippen LogP contribution >= 0.6 is 11.6 Å². The van der Waals surface area contributed by atoms with Crippen molar-refractivity contribution in [2.45, 2.75) is 34.1 Å². The second kappa shape index (κ2) is 7.28. The van der Waals surface area contributed by atoms with E-state index in [1.54, 1.807) is 6.92 Å². The normalized spacial score (nSPS) is 10.4. The maximum atomic E-state index is 11.8. The molecule has 5 nitrogen and oxygen atoms in total. The topological polar surface area (TPSA) is 58.1 Å². The van der Waals surface area contributed by atoms with Gasteiger partial charge in [0, 0.05) is 31.6 Å². The first-order valence-electron chi connectivity index (χ1n) is 6.51. The summed E-state index contributed by atoms with van der Waals surface area (Å²) in [6.45, 7) is 9.63. The van der Waals surface area contributed by atoms with Gasteiger partial charge in [0.2, 0.25) is 5.91 Å². The molecule has 6 heteroatoms. The number of aryl methyl sites for hydroxylation is 1. The number of amides is 1. The van der Waals surface area contributed by atoms with Crippen molar-refractivity contribution < 1.29 is 4.79 Å². The van der Waals surface area contributed by atoms with E-state index in [1.807, 2.05) is 25.7 Å². The summed E-state index contributed by atoms with van der Waals surface area (Å²) in [4.78, 5) is 22.0. The molecule has 0 aromatic carbocycles. The molecule has 0 spiro atoms. The Balaban J connectivity index is 2.56. The largest absolute Gasteiger partial charge is 0.369 e. The van der Waals surface area contributed by atoms with Crippen LogP contribution in [-0.4, -0.2) is 40.4 Å². The summed E-state index contributed by atoms with van der Waals surface area (Å²) in [6.07, 6.45) is 0.446. The van der Waals surface area contributed by atoms with E-state index in [4.69, 9.17) is 11.6 Å². The molecule has 0 radical (unpaired) electrons. The number of rotatable bonds is 6. The predicted molar refractivity (Wildman–Crippen MR) is 77.6 cm³/mol. The Morgan fingerprint density at radius 1 is 1.26 bits per heavy atom. The quantitative estimate of drug-likeness (QED) is 0.815. The summed E-state index contributed by atoms with van der Waals surface area (Å²) >= 11 is 5.99. The van der Waals surface area contributed by atoms with Gasteiger partial charge in [0.25, 0.3) is 0 Å². The molecule has 0 atom stereocenters. The maximum absolute atomic E-state index is 11.8. The minimum Gasteiger partial charge on any atom is -0.369 e. The Bertz CT molecular complexity index is 447. The Kier molecular flexibility index (Phi) is 6.02. The minimum atomic E-state index is 0.145. The van der Waals surface area contributed by atoms with E-state index in [0.29, 0.717) is 29.8 Å². The van der Waals surface area contributed by atoms with Crippen LogP contribution in [0.4, 0.5) is 5.82 Å². The van der Waals surface area contributed by atoms with Gasteiger partial charge in [-0.15, -0.1) is 0 Å². The summed E-state index contributed by atoms with van der Waals surface area (Å²) in [6, 6.07) is 0. The fourth-order valence-electron chi connectivity index (χ4n) is 1.79. The third-order valence-electron chi connectivity index (χ3n) is 2.95. The fraction of sp³-hybridized carbons (Fsp3) is 0.615. The van der Waals surface area contributed by atoms with Crippen molar-refractivity contribution in [2.75, 3.05) is 25.0 Å². The fourth-order valence-corrected chi connectivity index (χ4v) is 2.00. The van der Waals surface area contributed by atoms with Gasteiger partial charge < -0.3 is 10.2 Å². The third kappa shape index (κ3) is 4.35. The smallest absolute Gasteiger partial charge is 0.224 e. The third-order valence-corrected chi connectivity index (χ3v) is 3.31. The van der Waals surface area contributed by atoms with Crippen LogP contribution in [0.1, 0.15) is 31.7 Å². The molecular weight excluding hydrogens is 264 g/mol. The first-order chi connectivity index (χ1) is 8.99. The van der Waals surface area contributed by atoms with E-state index >= 15 is 0 Å². The van der Waals surface area contributed by atoms with E-state index in [-0.39, 0.29) is 5.91 Å². The van der Waals surface area contributed by atoms with E-state index in [1.165, 1.54) is 0 Å².